The molecule has 1 aromatic heterocycles. The lowest BCUT2D eigenvalue weighted by atomic mass is 8.20. The minimum atomic E-state index is -1.89. The molecule has 0 unspecified atom stereocenters. The largest absolute Gasteiger partial charge is 0.256 e. The van der Waals surface area contributed by atoms with Gasteiger partial charge in [-0.2, -0.15) is 0 Å². The van der Waals surface area contributed by atoms with Crippen LogP contribution in [0.4, 0.5) is 0 Å². The summed E-state index contributed by atoms with van der Waals surface area (Å²) in [4.78, 5) is 4.79. The molecule has 0 saturated carbocycles. The maximum absolute atomic E-state index is 6.88. The Morgan fingerprint density at radius 1 is 0.236 bits per heavy atom. The lowest BCUT2D eigenvalue weighted by molar-refractivity contribution is 0.125. The minimum Gasteiger partial charge on any atom is -0.256 e. The van der Waals surface area contributed by atoms with Crippen molar-refractivity contribution in [2.24, 2.45) is 5.41 Å². The third-order valence-electron chi connectivity index (χ3n) is 24.2. The molecule has 106 heavy (non-hydrogen) atoms. The highest BCUT2D eigenvalue weighted by molar-refractivity contribution is 9.10. The number of aromatic nitrogens is 1. The molecule has 0 spiro atoms. The first-order valence-electron chi connectivity index (χ1n) is 35.6. The lowest BCUT2D eigenvalue weighted by Crippen LogP contribution is -2.99. The van der Waals surface area contributed by atoms with Crippen LogP contribution < -0.4 is 0 Å². The number of pyridine rings is 1. The molecule has 0 aliphatic heterocycles. The van der Waals surface area contributed by atoms with Crippen LogP contribution in [0.5, 0.6) is 0 Å². The Hall–Kier alpha value is 3.13. The Bertz CT molecular complexity index is 2680. The van der Waals surface area contributed by atoms with Crippen molar-refractivity contribution in [1.29, 1.82) is 0 Å². The van der Waals surface area contributed by atoms with Gasteiger partial charge in [0.05, 0.1) is 5.69 Å². The summed E-state index contributed by atoms with van der Waals surface area (Å²) in [6, 6.07) is 19.5. The van der Waals surface area contributed by atoms with Crippen LogP contribution in [0.1, 0.15) is 52.7 Å². The predicted octanol–water partition coefficient (Wildman–Crippen LogP) is -21.9. The Balaban J connectivity index is 0.000000850. The maximum atomic E-state index is 6.88. The van der Waals surface area contributed by atoms with Crippen LogP contribution >= 0.6 is 15.9 Å². The maximum Gasteiger partial charge on any atom is 0.0702 e. The predicted molar refractivity (Wildman–Crippen MR) is 571 cm³/mol. The monoisotopic (exact) mass is 1290 g/mol. The van der Waals surface area contributed by atoms with Gasteiger partial charge in [0.15, 0.2) is 0 Å². The van der Waals surface area contributed by atoms with Crippen LogP contribution in [-0.4, -0.2) is 557 Å². The van der Waals surface area contributed by atoms with Crippen LogP contribution in [0.15, 0.2) is 65.3 Å². The number of halogens is 1. The van der Waals surface area contributed by atoms with Gasteiger partial charge in [0.25, 0.3) is 0 Å². The van der Waals surface area contributed by atoms with E-state index >= 15 is 0 Å². The van der Waals surface area contributed by atoms with E-state index in [1.54, 1.807) is 0 Å². The van der Waals surface area contributed by atoms with Gasteiger partial charge in [-0.3, -0.25) is 4.98 Å². The van der Waals surface area contributed by atoms with Gasteiger partial charge in [-0.25, -0.2) is 0 Å². The molecule has 0 fully saturated rings. The molecule has 80 heteroatoms. The number of fused-ring (bicyclic) bond motifs is 1. The molecule has 3 aromatic rings. The van der Waals surface area contributed by atoms with Crippen LogP contribution in [0, 0.1) is 5.41 Å². The fourth-order valence-corrected chi connectivity index (χ4v) is 19.0. The fraction of sp³-hybridized carbons (Fsp3) is 0.346. The number of benzene rings is 2. The van der Waals surface area contributed by atoms with E-state index in [0.29, 0.717) is 0 Å². The molecule has 0 bridgehead atoms. The van der Waals surface area contributed by atoms with Gasteiger partial charge in [0.1, 0.15) is 0 Å². The van der Waals surface area contributed by atoms with E-state index in [4.69, 9.17) is 314 Å². The van der Waals surface area contributed by atoms with Gasteiger partial charge < -0.3 is 0 Å². The first-order chi connectivity index (χ1) is 48.5. The summed E-state index contributed by atoms with van der Waals surface area (Å²) in [7, 11) is 274. The number of hydrogen-bond acceptors (Lipinski definition) is 1. The van der Waals surface area contributed by atoms with Crippen molar-refractivity contribution in [2.45, 2.75) is 52.4 Å². The zero-order chi connectivity index (χ0) is 82.3. The van der Waals surface area contributed by atoms with E-state index in [1.165, 1.54) is 22.3 Å². The second-order valence-corrected chi connectivity index (χ2v) is 32.3. The van der Waals surface area contributed by atoms with Crippen LogP contribution in [0.2, 0.25) is 0 Å². The Kier molecular flexibility index (Phi) is 43.3. The molecule has 1 heterocycles. The van der Waals surface area contributed by atoms with Crippen molar-refractivity contribution in [1.82, 2.24) is 4.98 Å². The lowest BCUT2D eigenvalue weighted by Gasteiger charge is -2.61. The van der Waals surface area contributed by atoms with Crippen LogP contribution in [0.3, 0.4) is 0 Å². The summed E-state index contributed by atoms with van der Waals surface area (Å²) in [5.74, 6) is 0. The molecule has 378 valence electrons. The SMILES string of the molecule is CC1(C)c2ccc(-c3ccc(-c4ccccc4Br)cn3)cc2C(C)(C)C1(C)C.[B]B([B])B(B([B])[B])B(B(B([B])[B])B([B])[B])B(B(B(B([B])[B])B([B])[B])B(B([B])[B])B([B])[B])B(B(B(B([B])[B])B([B])[B])B(B([B])[B])B([B])[B])B(B(B(B([B])[B])B([B])[B])B(B([B])[B])B([B])[B])B(B(B([B])[B])B([B])[B])B(B([B])[B])B([B])[B]. The first kappa shape index (κ1) is 103. The van der Waals surface area contributed by atoms with Gasteiger partial charge >= 0.3 is 0 Å². The summed E-state index contributed by atoms with van der Waals surface area (Å²) in [6.07, 6.45) is -61.1. The van der Waals surface area contributed by atoms with Gasteiger partial charge in [0.2, 0.25) is 0 Å². The van der Waals surface area contributed by atoms with Crippen LogP contribution in [-0.2, 0) is 10.8 Å². The van der Waals surface area contributed by atoms with Crippen molar-refractivity contribution in [3.63, 3.8) is 0 Å². The molecule has 80 radical (unpaired) electrons. The second-order valence-electron chi connectivity index (χ2n) is 31.5. The average Bonchev–Trinajstić information content (AvgIpc) is 1.53. The molecule has 0 saturated heterocycles. The quantitative estimate of drug-likeness (QED) is 0.0519. The van der Waals surface area contributed by atoms with E-state index in [1.807, 2.05) is 12.3 Å². The van der Waals surface area contributed by atoms with E-state index in [0.717, 1.165) is 15.7 Å². The molecule has 2 aromatic carbocycles. The molecule has 1 nitrogen and oxygen atoms in total. The smallest absolute Gasteiger partial charge is 0.0702 e. The topological polar surface area (TPSA) is 12.9 Å². The van der Waals surface area contributed by atoms with E-state index in [-0.39, 0.29) is 16.2 Å². The highest BCUT2D eigenvalue weighted by Crippen LogP contribution is 2.61. The Morgan fingerprint density at radius 3 is 0.632 bits per heavy atom. The molecule has 4 rings (SSSR count). The van der Waals surface area contributed by atoms with Crippen molar-refractivity contribution < 1.29 is 0 Å². The zero-order valence-corrected chi connectivity index (χ0v) is 64.2. The normalized spacial score (nSPS) is 12.1. The minimum absolute atomic E-state index is 0.108. The average molecular weight is 1280 g/mol. The van der Waals surface area contributed by atoms with E-state index < -0.39 is 243 Å². The third kappa shape index (κ3) is 24.2. The molecule has 1 aliphatic rings. The standard InChI is InChI=1S/C26H28BrN.B78/c1-24(2)20-13-11-17(15-21(20)25(3,4)26(24,5)6)23-14-12-18(16-28-23)19-9-7-8-10-22(19)27;1-41(2)61(42(3)4)71(62(43(5)6)44(7)8)76(72(63(45(9)10)46(11)12)64(47(13)14)48(15)16)78(75(69(57(33)34)58(35)36)70(59(37)38)60(39)40)77(73(65(49(17)18)50(19)20)66(51(21)22)52(23)24)74(67(53(25)26)54(27)28)68(55(29)30)56(31)32/h7-16H,1-6H3;. The highest BCUT2D eigenvalue weighted by Gasteiger charge is 2.66. The van der Waals surface area contributed by atoms with Gasteiger partial charge in [-0.1, -0.05) is 93.9 Å². The molecule has 0 amide bonds. The molecule has 0 N–H and O–H groups in total. The number of nitrogens with zero attached hydrogens (tertiary/aromatic N) is 1. The van der Waals surface area contributed by atoms with Gasteiger partial charge in [0, 0.05) is 574 Å². The van der Waals surface area contributed by atoms with E-state index in [2.05, 4.69) is 106 Å². The number of rotatable bonds is 39. The van der Waals surface area contributed by atoms with Gasteiger partial charge in [-0.15, -0.1) is 0 Å². The third-order valence-corrected chi connectivity index (χ3v) is 24.9. The Labute approximate surface area is 722 Å². The summed E-state index contributed by atoms with van der Waals surface area (Å²) in [5.41, 5.74) is 7.86. The summed E-state index contributed by atoms with van der Waals surface area (Å²) in [5, 5.41) is 0. The highest BCUT2D eigenvalue weighted by atomic mass is 79.9. The fourth-order valence-electron chi connectivity index (χ4n) is 18.5. The number of hydrogen-bond donors (Lipinski definition) is 0. The van der Waals surface area contributed by atoms with E-state index in [9.17, 15) is 0 Å². The summed E-state index contributed by atoms with van der Waals surface area (Å²) in [6.45, 7) is 14.3. The second kappa shape index (κ2) is 44.4. The van der Waals surface area contributed by atoms with Gasteiger partial charge in [-0.05, 0) is 51.1 Å². The van der Waals surface area contributed by atoms with Crippen molar-refractivity contribution in [3.05, 3.63) is 76.4 Å². The van der Waals surface area contributed by atoms with Crippen LogP contribution in [0.25, 0.3) is 22.4 Å². The molecular weight excluding hydrogens is 1250 g/mol. The molecule has 1 aliphatic carbocycles. The van der Waals surface area contributed by atoms with Crippen molar-refractivity contribution in [2.75, 3.05) is 0 Å². The van der Waals surface area contributed by atoms with Crippen molar-refractivity contribution in [3.8, 4) is 22.4 Å². The first-order valence-corrected chi connectivity index (χ1v) is 36.4. The Morgan fingerprint density at radius 2 is 0.434 bits per heavy atom. The van der Waals surface area contributed by atoms with Crippen molar-refractivity contribution >= 4 is 568 Å². The molecular formula is C26H28B78BrN. The zero-order valence-electron chi connectivity index (χ0n) is 62.6. The summed E-state index contributed by atoms with van der Waals surface area (Å²) < 4.78 is 1.09. The molecule has 0 atom stereocenters. The summed E-state index contributed by atoms with van der Waals surface area (Å²) >= 11 is 3.64.